The zero-order valence-corrected chi connectivity index (χ0v) is 35.2. The summed E-state index contributed by atoms with van der Waals surface area (Å²) >= 11 is 0. The molecule has 8 bridgehead atoms. The number of carboxylic acids is 4. The molecule has 5 aromatic carbocycles. The fourth-order valence-electron chi connectivity index (χ4n) is 8.60. The van der Waals surface area contributed by atoms with Gasteiger partial charge in [-0.15, -0.1) is 0 Å². The predicted molar refractivity (Wildman–Crippen MR) is 257 cm³/mol. The van der Waals surface area contributed by atoms with Crippen LogP contribution in [0, 0.1) is 0 Å². The summed E-state index contributed by atoms with van der Waals surface area (Å²) in [7, 11) is 0. The molecular formula is C55H36N4O8. The third-order valence-corrected chi connectivity index (χ3v) is 11.8. The summed E-state index contributed by atoms with van der Waals surface area (Å²) < 4.78 is 2.15. The Bertz CT molecular complexity index is 3570. The summed E-state index contributed by atoms with van der Waals surface area (Å²) in [6.45, 7) is 0.276. The number of carbonyl (C=O) groups is 4. The van der Waals surface area contributed by atoms with Crippen molar-refractivity contribution in [2.75, 3.05) is 0 Å². The van der Waals surface area contributed by atoms with Crippen molar-refractivity contribution in [2.45, 2.75) is 6.54 Å². The van der Waals surface area contributed by atoms with E-state index in [4.69, 9.17) is 9.97 Å². The zero-order chi connectivity index (χ0) is 46.3. The number of hydrogen-bond donors (Lipinski definition) is 5. The highest BCUT2D eigenvalue weighted by atomic mass is 16.4. The van der Waals surface area contributed by atoms with Gasteiger partial charge < -0.3 is 30.0 Å². The van der Waals surface area contributed by atoms with E-state index in [1.165, 1.54) is 48.5 Å². The largest absolute Gasteiger partial charge is 0.478 e. The summed E-state index contributed by atoms with van der Waals surface area (Å²) in [6.07, 6.45) is 5.76. The smallest absolute Gasteiger partial charge is 0.335 e. The average Bonchev–Trinajstić information content (AvgIpc) is 4.14. The maximum absolute atomic E-state index is 12.4. The number of H-pyrrole nitrogens is 1. The van der Waals surface area contributed by atoms with Crippen LogP contribution in [0.15, 0.2) is 158 Å². The van der Waals surface area contributed by atoms with Crippen molar-refractivity contribution in [2.24, 2.45) is 0 Å². The first-order valence-corrected chi connectivity index (χ1v) is 21.0. The van der Waals surface area contributed by atoms with E-state index in [2.05, 4.69) is 9.55 Å². The molecule has 0 saturated heterocycles. The normalized spacial score (nSPS) is 11.9. The van der Waals surface area contributed by atoms with Crippen LogP contribution in [-0.2, 0) is 6.54 Å². The molecule has 0 atom stereocenters. The minimum absolute atomic E-state index is 0.0568. The van der Waals surface area contributed by atoms with Gasteiger partial charge in [-0.3, -0.25) is 0 Å². The van der Waals surface area contributed by atoms with Crippen molar-refractivity contribution < 1.29 is 39.6 Å². The lowest BCUT2D eigenvalue weighted by atomic mass is 9.90. The molecule has 8 aromatic rings. The van der Waals surface area contributed by atoms with Gasteiger partial charge in [0, 0.05) is 39.8 Å². The van der Waals surface area contributed by atoms with Crippen LogP contribution in [0.2, 0.25) is 0 Å². The van der Waals surface area contributed by atoms with E-state index >= 15 is 0 Å². The van der Waals surface area contributed by atoms with Crippen LogP contribution in [0.25, 0.3) is 79.2 Å². The molecule has 12 heteroatoms. The van der Waals surface area contributed by atoms with Gasteiger partial charge in [0.05, 0.1) is 56.1 Å². The van der Waals surface area contributed by atoms with Crippen molar-refractivity contribution in [1.29, 1.82) is 0 Å². The number of fused-ring (bicyclic) bond motifs is 8. The Morgan fingerprint density at radius 2 is 0.910 bits per heavy atom. The second-order valence-corrected chi connectivity index (χ2v) is 16.0. The van der Waals surface area contributed by atoms with Crippen molar-refractivity contribution in [3.8, 4) is 33.4 Å². The SMILES string of the molecule is O=C(O)c1ccc(C2=Cc3cc4ccc(cc5nc(cc6c(-c7ccc(C(=O)O)cc7)c(-c7ccc(C(=O)O)cc7)c(c(-c7ccc(C(=O)O)cc7)c2n3)n6Cc2ccccc2)C=C5)[nH]4)cc1. The number of aromatic nitrogens is 4. The molecule has 324 valence electrons. The minimum Gasteiger partial charge on any atom is -0.478 e. The van der Waals surface area contributed by atoms with Crippen LogP contribution in [0.5, 0.6) is 0 Å². The molecule has 0 amide bonds. The summed E-state index contributed by atoms with van der Waals surface area (Å²) in [4.78, 5) is 62.8. The zero-order valence-electron chi connectivity index (χ0n) is 35.2. The van der Waals surface area contributed by atoms with E-state index in [0.717, 1.165) is 16.6 Å². The van der Waals surface area contributed by atoms with Gasteiger partial charge in [-0.05, 0) is 125 Å². The molecular weight excluding hydrogens is 845 g/mol. The molecule has 5 heterocycles. The highest BCUT2D eigenvalue weighted by molar-refractivity contribution is 6.12. The van der Waals surface area contributed by atoms with Crippen molar-refractivity contribution in [3.63, 3.8) is 0 Å². The lowest BCUT2D eigenvalue weighted by molar-refractivity contribution is 0.0686. The Labute approximate surface area is 381 Å². The molecule has 0 saturated carbocycles. The molecule has 5 N–H and O–H groups in total. The quantitative estimate of drug-likeness (QED) is 0.0881. The highest BCUT2D eigenvalue weighted by Gasteiger charge is 2.28. The number of hydrogen-bond acceptors (Lipinski definition) is 6. The maximum atomic E-state index is 12.4. The van der Waals surface area contributed by atoms with E-state index < -0.39 is 23.9 Å². The number of aromatic amines is 1. The first-order valence-electron chi connectivity index (χ1n) is 21.0. The van der Waals surface area contributed by atoms with Gasteiger partial charge in [0.25, 0.3) is 0 Å². The van der Waals surface area contributed by atoms with E-state index in [-0.39, 0.29) is 28.8 Å². The third kappa shape index (κ3) is 8.06. The Morgan fingerprint density at radius 3 is 1.42 bits per heavy atom. The molecule has 3 aromatic heterocycles. The second-order valence-electron chi connectivity index (χ2n) is 16.0. The van der Waals surface area contributed by atoms with Crippen LogP contribution in [-0.4, -0.2) is 63.8 Å². The van der Waals surface area contributed by atoms with Gasteiger partial charge >= 0.3 is 23.9 Å². The number of rotatable bonds is 10. The lowest BCUT2D eigenvalue weighted by Crippen LogP contribution is -2.03. The molecule has 2 aliphatic rings. The Hall–Kier alpha value is -9.42. The number of aromatic carboxylic acids is 4. The molecule has 0 spiro atoms. The summed E-state index contributed by atoms with van der Waals surface area (Å²) in [6, 6.07) is 45.6. The molecule has 0 radical (unpaired) electrons. The van der Waals surface area contributed by atoms with Crippen LogP contribution >= 0.6 is 0 Å². The summed E-state index contributed by atoms with van der Waals surface area (Å²) in [5, 5.41) is 40.0. The number of benzene rings is 5. The van der Waals surface area contributed by atoms with Crippen LogP contribution in [0.4, 0.5) is 0 Å². The first kappa shape index (κ1) is 41.6. The second kappa shape index (κ2) is 16.9. The molecule has 0 fully saturated rings. The Kier molecular flexibility index (Phi) is 10.5. The Balaban J connectivity index is 1.49. The van der Waals surface area contributed by atoms with Gasteiger partial charge in [-0.1, -0.05) is 78.9 Å². The molecule has 0 aliphatic carbocycles. The topological polar surface area (TPSA) is 196 Å². The van der Waals surface area contributed by atoms with Gasteiger partial charge in [0.15, 0.2) is 0 Å². The van der Waals surface area contributed by atoms with E-state index in [1.807, 2.05) is 78.9 Å². The first-order chi connectivity index (χ1) is 32.5. The highest BCUT2D eigenvalue weighted by Crippen LogP contribution is 2.48. The van der Waals surface area contributed by atoms with Crippen LogP contribution < -0.4 is 0 Å². The fraction of sp³-hybridized carbons (Fsp3) is 0.0182. The number of carboxylic acid groups (broad SMARTS) is 4. The predicted octanol–water partition coefficient (Wildman–Crippen LogP) is 11.4. The lowest BCUT2D eigenvalue weighted by Gasteiger charge is -2.16. The standard InChI is InChI=1S/C55H36N4O8/c60-52(61)36-14-6-32(7-15-36)45-28-44-27-42-23-22-40(56-42)26-41-24-25-43(57-41)29-46-47(33-8-16-37(17-9-33)53(62)63)48(34-10-18-38(19-11-34)54(64)65)51(59(46)30-31-4-2-1-3-5-31)49(50(45)58-44)35-12-20-39(21-13-35)55(66)67/h1-29,56H,30H2,(H,60,61)(H,62,63)(H,64,65)(H,66,67). The molecule has 12 nitrogen and oxygen atoms in total. The van der Waals surface area contributed by atoms with E-state index in [0.29, 0.717) is 78.3 Å². The van der Waals surface area contributed by atoms with Gasteiger partial charge in [-0.25, -0.2) is 29.1 Å². The third-order valence-electron chi connectivity index (χ3n) is 11.8. The summed E-state index contributed by atoms with van der Waals surface area (Å²) in [5.74, 6) is -4.40. The Morgan fingerprint density at radius 1 is 0.463 bits per heavy atom. The number of nitrogens with zero attached hydrogens (tertiary/aromatic N) is 3. The minimum atomic E-state index is -1.11. The molecule has 67 heavy (non-hydrogen) atoms. The maximum Gasteiger partial charge on any atom is 0.335 e. The van der Waals surface area contributed by atoms with Crippen molar-refractivity contribution in [3.05, 3.63) is 214 Å². The van der Waals surface area contributed by atoms with Crippen LogP contribution in [0.1, 0.15) is 75.3 Å². The van der Waals surface area contributed by atoms with E-state index in [9.17, 15) is 39.6 Å². The molecule has 2 aliphatic heterocycles. The average molecular weight is 881 g/mol. The molecule has 10 rings (SSSR count). The van der Waals surface area contributed by atoms with Crippen LogP contribution in [0.3, 0.4) is 0 Å². The van der Waals surface area contributed by atoms with E-state index in [1.54, 1.807) is 48.5 Å². The van der Waals surface area contributed by atoms with Gasteiger partial charge in [0.2, 0.25) is 0 Å². The summed E-state index contributed by atoms with van der Waals surface area (Å²) in [5.41, 5.74) is 11.4. The van der Waals surface area contributed by atoms with Crippen molar-refractivity contribution in [1.82, 2.24) is 19.5 Å². The number of nitrogens with one attached hydrogen (secondary N) is 1. The van der Waals surface area contributed by atoms with Crippen molar-refractivity contribution >= 4 is 69.7 Å². The monoisotopic (exact) mass is 880 g/mol. The molecule has 0 unspecified atom stereocenters. The van der Waals surface area contributed by atoms with Gasteiger partial charge in [0.1, 0.15) is 0 Å². The van der Waals surface area contributed by atoms with Gasteiger partial charge in [-0.2, -0.15) is 0 Å². The fourth-order valence-corrected chi connectivity index (χ4v) is 8.60.